The molecule has 0 aliphatic carbocycles. The number of anilines is 2. The largest absolute Gasteiger partial charge is 0.393 e. The number of aliphatic hydroxyl groups is 1. The van der Waals surface area contributed by atoms with Crippen LogP contribution < -0.4 is 10.2 Å². The van der Waals surface area contributed by atoms with Gasteiger partial charge in [-0.2, -0.15) is 0 Å². The second-order valence-corrected chi connectivity index (χ2v) is 8.14. The van der Waals surface area contributed by atoms with E-state index in [4.69, 9.17) is 0 Å². The van der Waals surface area contributed by atoms with Crippen LogP contribution in [-0.2, 0) is 0 Å². The van der Waals surface area contributed by atoms with Crippen molar-refractivity contribution in [2.24, 2.45) is 0 Å². The minimum atomic E-state index is -0.244. The molecule has 0 bridgehead atoms. The van der Waals surface area contributed by atoms with Crippen LogP contribution in [0, 0.1) is 5.82 Å². The first-order valence-corrected chi connectivity index (χ1v) is 10.3. The minimum absolute atomic E-state index is 0.0952. The monoisotopic (exact) mass is 443 g/mol. The summed E-state index contributed by atoms with van der Waals surface area (Å²) in [6, 6.07) is 12.8. The van der Waals surface area contributed by atoms with Gasteiger partial charge in [-0.15, -0.1) is 0 Å². The smallest absolute Gasteiger partial charge is 0.123 e. The second kappa shape index (κ2) is 8.05. The summed E-state index contributed by atoms with van der Waals surface area (Å²) in [5.74, 6) is -0.244. The maximum absolute atomic E-state index is 14.1. The number of benzene rings is 2. The molecule has 1 aliphatic rings. The quantitative estimate of drug-likeness (QED) is 0.576. The van der Waals surface area contributed by atoms with Gasteiger partial charge in [0.05, 0.1) is 17.7 Å². The predicted molar refractivity (Wildman–Crippen MR) is 115 cm³/mol. The lowest BCUT2D eigenvalue weighted by Crippen LogP contribution is -2.36. The van der Waals surface area contributed by atoms with E-state index in [1.165, 1.54) is 6.07 Å². The molecule has 0 spiro atoms. The maximum Gasteiger partial charge on any atom is 0.123 e. The molecule has 28 heavy (non-hydrogen) atoms. The van der Waals surface area contributed by atoms with Crippen LogP contribution in [0.2, 0.25) is 0 Å². The van der Waals surface area contributed by atoms with E-state index in [1.54, 1.807) is 12.3 Å². The van der Waals surface area contributed by atoms with Crippen LogP contribution in [0.5, 0.6) is 0 Å². The average molecular weight is 444 g/mol. The minimum Gasteiger partial charge on any atom is -0.393 e. The predicted octanol–water partition coefficient (Wildman–Crippen LogP) is 5.27. The molecule has 1 aliphatic heterocycles. The van der Waals surface area contributed by atoms with Crippen LogP contribution in [0.1, 0.15) is 31.4 Å². The van der Waals surface area contributed by atoms with Gasteiger partial charge in [-0.3, -0.25) is 4.98 Å². The van der Waals surface area contributed by atoms with Crippen molar-refractivity contribution >= 4 is 38.2 Å². The molecule has 0 amide bonds. The molecule has 1 fully saturated rings. The highest BCUT2D eigenvalue weighted by Gasteiger charge is 2.22. The van der Waals surface area contributed by atoms with Crippen LogP contribution in [0.3, 0.4) is 0 Å². The van der Waals surface area contributed by atoms with Crippen molar-refractivity contribution in [3.05, 3.63) is 64.5 Å². The highest BCUT2D eigenvalue weighted by molar-refractivity contribution is 9.10. The second-order valence-electron chi connectivity index (χ2n) is 7.28. The lowest BCUT2D eigenvalue weighted by molar-refractivity contribution is 0.145. The summed E-state index contributed by atoms with van der Waals surface area (Å²) in [7, 11) is 0. The first kappa shape index (κ1) is 19.2. The number of hydrogen-bond acceptors (Lipinski definition) is 4. The van der Waals surface area contributed by atoms with Gasteiger partial charge in [0.2, 0.25) is 0 Å². The number of nitrogens with zero attached hydrogens (tertiary/aromatic N) is 2. The van der Waals surface area contributed by atoms with Crippen molar-refractivity contribution in [3.8, 4) is 0 Å². The van der Waals surface area contributed by atoms with Gasteiger partial charge in [0.15, 0.2) is 0 Å². The molecule has 3 aromatic rings. The van der Waals surface area contributed by atoms with E-state index in [2.05, 4.69) is 31.1 Å². The SMILES string of the molecule is CC(Nc1ccnc2c(Br)cccc12)c1cc(F)ccc1N1CCC(O)CC1. The van der Waals surface area contributed by atoms with E-state index in [0.717, 1.165) is 58.2 Å². The van der Waals surface area contributed by atoms with Crippen molar-refractivity contribution in [1.29, 1.82) is 0 Å². The fourth-order valence-corrected chi connectivity index (χ4v) is 4.31. The molecular weight excluding hydrogens is 421 g/mol. The van der Waals surface area contributed by atoms with E-state index in [9.17, 15) is 9.50 Å². The highest BCUT2D eigenvalue weighted by atomic mass is 79.9. The Balaban J connectivity index is 1.66. The van der Waals surface area contributed by atoms with Gasteiger partial charge in [0.25, 0.3) is 0 Å². The Bertz CT molecular complexity index is 989. The van der Waals surface area contributed by atoms with E-state index in [0.29, 0.717) is 0 Å². The molecule has 1 saturated heterocycles. The number of halogens is 2. The van der Waals surface area contributed by atoms with Crippen LogP contribution >= 0.6 is 15.9 Å². The number of rotatable bonds is 4. The topological polar surface area (TPSA) is 48.4 Å². The Morgan fingerprint density at radius 2 is 2.00 bits per heavy atom. The van der Waals surface area contributed by atoms with E-state index < -0.39 is 0 Å². The Labute approximate surface area is 172 Å². The Kier molecular flexibility index (Phi) is 5.51. The molecule has 0 radical (unpaired) electrons. The van der Waals surface area contributed by atoms with Crippen molar-refractivity contribution < 1.29 is 9.50 Å². The van der Waals surface area contributed by atoms with Gasteiger partial charge in [-0.25, -0.2) is 4.39 Å². The van der Waals surface area contributed by atoms with Gasteiger partial charge in [-0.05, 0) is 66.0 Å². The summed E-state index contributed by atoms with van der Waals surface area (Å²) in [5, 5.41) is 14.4. The molecule has 2 N–H and O–H groups in total. The summed E-state index contributed by atoms with van der Waals surface area (Å²) in [4.78, 5) is 6.69. The average Bonchev–Trinajstić information content (AvgIpc) is 2.69. The standard InChI is InChI=1S/C22H23BrFN3O/c1-14(26-20-7-10-25-22-17(20)3-2-4-19(22)23)18-13-15(24)5-6-21(18)27-11-8-16(28)9-12-27/h2-7,10,13-14,16,28H,8-9,11-12H2,1H3,(H,25,26). The van der Waals surface area contributed by atoms with E-state index >= 15 is 0 Å². The molecular formula is C22H23BrFN3O. The Morgan fingerprint density at radius 1 is 1.21 bits per heavy atom. The summed E-state index contributed by atoms with van der Waals surface area (Å²) < 4.78 is 15.0. The summed E-state index contributed by atoms with van der Waals surface area (Å²) in [6.07, 6.45) is 3.02. The van der Waals surface area contributed by atoms with Crippen LogP contribution in [-0.4, -0.2) is 29.3 Å². The van der Waals surface area contributed by atoms with Crippen molar-refractivity contribution in [2.75, 3.05) is 23.3 Å². The van der Waals surface area contributed by atoms with Gasteiger partial charge in [-0.1, -0.05) is 12.1 Å². The zero-order valence-corrected chi connectivity index (χ0v) is 17.3. The van der Waals surface area contributed by atoms with Crippen LogP contribution in [0.15, 0.2) is 53.1 Å². The molecule has 1 atom stereocenters. The lowest BCUT2D eigenvalue weighted by Gasteiger charge is -2.34. The third kappa shape index (κ3) is 3.84. The molecule has 1 aromatic heterocycles. The molecule has 2 aromatic carbocycles. The van der Waals surface area contributed by atoms with Crippen molar-refractivity contribution in [3.63, 3.8) is 0 Å². The van der Waals surface area contributed by atoms with Gasteiger partial charge < -0.3 is 15.3 Å². The highest BCUT2D eigenvalue weighted by Crippen LogP contribution is 2.34. The van der Waals surface area contributed by atoms with E-state index in [-0.39, 0.29) is 18.0 Å². The molecule has 4 rings (SSSR count). The molecule has 146 valence electrons. The number of hydrogen-bond donors (Lipinski definition) is 2. The summed E-state index contributed by atoms with van der Waals surface area (Å²) >= 11 is 3.55. The number of aliphatic hydroxyl groups excluding tert-OH is 1. The summed E-state index contributed by atoms with van der Waals surface area (Å²) in [5.41, 5.74) is 3.79. The zero-order valence-electron chi connectivity index (χ0n) is 15.7. The Morgan fingerprint density at radius 3 is 2.79 bits per heavy atom. The lowest BCUT2D eigenvalue weighted by atomic mass is 10.0. The number of nitrogens with one attached hydrogen (secondary N) is 1. The molecule has 2 heterocycles. The number of para-hydroxylation sites is 1. The zero-order chi connectivity index (χ0) is 19.7. The van der Waals surface area contributed by atoms with Crippen molar-refractivity contribution in [1.82, 2.24) is 4.98 Å². The number of pyridine rings is 1. The fraction of sp³-hybridized carbons (Fsp3) is 0.318. The molecule has 0 saturated carbocycles. The fourth-order valence-electron chi connectivity index (χ4n) is 3.84. The normalized spacial score (nSPS) is 16.4. The number of piperidine rings is 1. The number of aromatic nitrogens is 1. The van der Waals surface area contributed by atoms with Gasteiger partial charge >= 0.3 is 0 Å². The first-order chi connectivity index (χ1) is 13.5. The molecule has 6 heteroatoms. The van der Waals surface area contributed by atoms with Crippen molar-refractivity contribution in [2.45, 2.75) is 31.9 Å². The van der Waals surface area contributed by atoms with E-state index in [1.807, 2.05) is 37.3 Å². The maximum atomic E-state index is 14.1. The van der Waals surface area contributed by atoms with Gasteiger partial charge in [0, 0.05) is 46.1 Å². The first-order valence-electron chi connectivity index (χ1n) is 9.55. The molecule has 1 unspecified atom stereocenters. The third-order valence-electron chi connectivity index (χ3n) is 5.36. The van der Waals surface area contributed by atoms with Crippen LogP contribution in [0.4, 0.5) is 15.8 Å². The molecule has 4 nitrogen and oxygen atoms in total. The van der Waals surface area contributed by atoms with Gasteiger partial charge in [0.1, 0.15) is 5.82 Å². The number of fused-ring (bicyclic) bond motifs is 1. The summed E-state index contributed by atoms with van der Waals surface area (Å²) in [6.45, 7) is 3.59. The third-order valence-corrected chi connectivity index (χ3v) is 5.99. The van der Waals surface area contributed by atoms with Crippen LogP contribution in [0.25, 0.3) is 10.9 Å². The Hall–Kier alpha value is -2.18.